The number of nitriles is 1. The summed E-state index contributed by atoms with van der Waals surface area (Å²) in [6.45, 7) is 0. The van der Waals surface area contributed by atoms with Crippen LogP contribution >= 0.6 is 23.1 Å². The molecule has 10 heteroatoms. The molecule has 1 N–H and O–H groups in total. The van der Waals surface area contributed by atoms with Gasteiger partial charge in [0, 0.05) is 33.7 Å². The highest BCUT2D eigenvalue weighted by Crippen LogP contribution is 2.42. The van der Waals surface area contributed by atoms with E-state index in [9.17, 15) is 14.9 Å². The fraction of sp³-hybridized carbons (Fsp3) is 0.294. The van der Waals surface area contributed by atoms with E-state index in [1.165, 1.54) is 30.2 Å². The number of carbonyl (C=O) groups excluding carboxylic acids is 2. The van der Waals surface area contributed by atoms with Gasteiger partial charge in [0.25, 0.3) is 0 Å². The molecule has 0 aliphatic heterocycles. The van der Waals surface area contributed by atoms with E-state index in [0.29, 0.717) is 55.2 Å². The molecule has 2 heterocycles. The summed E-state index contributed by atoms with van der Waals surface area (Å²) in [5, 5.41) is 14.4. The van der Waals surface area contributed by atoms with Gasteiger partial charge < -0.3 is 19.5 Å². The number of amides is 1. The topological polar surface area (TPSA) is 111 Å². The SMILES string of the molecule is COC(=O)c1c(NC(=O)CCSc2nc(-c3ccccc3)cc(-c3cccc(OC)c3OC)c2C#N)sc2c1CCCCC2. The van der Waals surface area contributed by atoms with Crippen molar-refractivity contribution in [3.05, 3.63) is 76.2 Å². The number of pyridine rings is 1. The Morgan fingerprint density at radius 2 is 1.80 bits per heavy atom. The number of para-hydroxylation sites is 1. The molecule has 0 unspecified atom stereocenters. The van der Waals surface area contributed by atoms with Crippen LogP contribution in [-0.4, -0.2) is 43.9 Å². The molecule has 1 amide bonds. The van der Waals surface area contributed by atoms with E-state index < -0.39 is 5.97 Å². The van der Waals surface area contributed by atoms with Crippen molar-refractivity contribution in [3.8, 4) is 40.0 Å². The molecule has 0 spiro atoms. The zero-order valence-corrected chi connectivity index (χ0v) is 26.5. The van der Waals surface area contributed by atoms with Crippen LogP contribution in [0, 0.1) is 11.3 Å². The van der Waals surface area contributed by atoms with Crippen molar-refractivity contribution < 1.29 is 23.8 Å². The number of nitrogens with zero attached hydrogens (tertiary/aromatic N) is 2. The van der Waals surface area contributed by atoms with Crippen molar-refractivity contribution in [3.63, 3.8) is 0 Å². The maximum absolute atomic E-state index is 13.1. The van der Waals surface area contributed by atoms with Crippen LogP contribution in [-0.2, 0) is 22.4 Å². The van der Waals surface area contributed by atoms with E-state index in [4.69, 9.17) is 19.2 Å². The number of anilines is 1. The van der Waals surface area contributed by atoms with Crippen molar-refractivity contribution >= 4 is 40.0 Å². The van der Waals surface area contributed by atoms with E-state index in [1.54, 1.807) is 20.3 Å². The van der Waals surface area contributed by atoms with Gasteiger partial charge in [0.15, 0.2) is 11.5 Å². The Morgan fingerprint density at radius 3 is 2.52 bits per heavy atom. The van der Waals surface area contributed by atoms with Crippen LogP contribution in [0.1, 0.15) is 52.0 Å². The molecular weight excluding hydrogens is 595 g/mol. The normalized spacial score (nSPS) is 12.4. The van der Waals surface area contributed by atoms with Crippen molar-refractivity contribution in [2.75, 3.05) is 32.4 Å². The van der Waals surface area contributed by atoms with Crippen molar-refractivity contribution in [1.29, 1.82) is 5.26 Å². The van der Waals surface area contributed by atoms with Crippen LogP contribution in [0.5, 0.6) is 11.5 Å². The number of nitrogens with one attached hydrogen (secondary N) is 1. The summed E-state index contributed by atoms with van der Waals surface area (Å²) in [4.78, 5) is 31.8. The molecule has 0 radical (unpaired) electrons. The molecule has 0 saturated carbocycles. The maximum atomic E-state index is 13.1. The predicted octanol–water partition coefficient (Wildman–Crippen LogP) is 7.54. The molecule has 0 saturated heterocycles. The van der Waals surface area contributed by atoms with Crippen molar-refractivity contribution in [1.82, 2.24) is 4.98 Å². The van der Waals surface area contributed by atoms with Gasteiger partial charge in [-0.1, -0.05) is 48.9 Å². The molecule has 4 aromatic rings. The minimum atomic E-state index is -0.421. The summed E-state index contributed by atoms with van der Waals surface area (Å²) >= 11 is 2.81. The highest BCUT2D eigenvalue weighted by atomic mass is 32.2. The second-order valence-electron chi connectivity index (χ2n) is 10.2. The number of fused-ring (bicyclic) bond motifs is 1. The standard InChI is InChI=1S/C34H33N3O5S2/c1-40-27-15-10-14-22(31(27)41-2)24-19-26(21-11-6-4-7-12-21)36-32(25(24)20-35)43-18-17-29(38)37-33-30(34(39)42-3)23-13-8-5-9-16-28(23)44-33/h4,6-7,10-12,14-15,19H,5,8-9,13,16-18H2,1-3H3,(H,37,38). The van der Waals surface area contributed by atoms with Crippen LogP contribution in [0.2, 0.25) is 0 Å². The molecule has 5 rings (SSSR count). The molecule has 0 fully saturated rings. The van der Waals surface area contributed by atoms with E-state index in [0.717, 1.165) is 48.1 Å². The molecule has 226 valence electrons. The lowest BCUT2D eigenvalue weighted by atomic mass is 9.98. The Labute approximate surface area is 265 Å². The Hall–Kier alpha value is -4.33. The third-order valence-electron chi connectivity index (χ3n) is 7.49. The molecule has 0 bridgehead atoms. The summed E-state index contributed by atoms with van der Waals surface area (Å²) in [6, 6.07) is 19.5. The molecule has 2 aromatic heterocycles. The quantitative estimate of drug-likeness (QED) is 0.109. The zero-order valence-electron chi connectivity index (χ0n) is 24.9. The number of hydrogen-bond acceptors (Lipinski definition) is 9. The summed E-state index contributed by atoms with van der Waals surface area (Å²) in [7, 11) is 4.50. The number of thioether (sulfide) groups is 1. The monoisotopic (exact) mass is 627 g/mol. The molecule has 0 atom stereocenters. The van der Waals surface area contributed by atoms with Gasteiger partial charge in [-0.3, -0.25) is 4.79 Å². The fourth-order valence-corrected chi connectivity index (χ4v) is 7.62. The smallest absolute Gasteiger partial charge is 0.341 e. The molecule has 2 aromatic carbocycles. The molecular formula is C34H33N3O5S2. The average Bonchev–Trinajstić information content (AvgIpc) is 3.22. The second-order valence-corrected chi connectivity index (χ2v) is 12.3. The number of hydrogen-bond donors (Lipinski definition) is 1. The highest BCUT2D eigenvalue weighted by Gasteiger charge is 2.26. The number of esters is 1. The Morgan fingerprint density at radius 1 is 1.00 bits per heavy atom. The van der Waals surface area contributed by atoms with E-state index in [1.807, 2.05) is 48.5 Å². The third-order valence-corrected chi connectivity index (χ3v) is 9.68. The molecule has 1 aliphatic carbocycles. The van der Waals surface area contributed by atoms with Gasteiger partial charge in [-0.05, 0) is 43.4 Å². The van der Waals surface area contributed by atoms with Crippen molar-refractivity contribution in [2.24, 2.45) is 0 Å². The lowest BCUT2D eigenvalue weighted by Crippen LogP contribution is -2.15. The highest BCUT2D eigenvalue weighted by molar-refractivity contribution is 7.99. The van der Waals surface area contributed by atoms with Gasteiger partial charge in [-0.25, -0.2) is 9.78 Å². The molecule has 8 nitrogen and oxygen atoms in total. The summed E-state index contributed by atoms with van der Waals surface area (Å²) in [6.07, 6.45) is 5.07. The van der Waals surface area contributed by atoms with Crippen LogP contribution in [0.4, 0.5) is 5.00 Å². The van der Waals surface area contributed by atoms with Gasteiger partial charge in [-0.2, -0.15) is 5.26 Å². The molecule has 1 aliphatic rings. The summed E-state index contributed by atoms with van der Waals surface area (Å²) in [5.41, 5.74) is 4.83. The Bertz CT molecular complexity index is 1710. The number of carbonyl (C=O) groups is 2. The minimum Gasteiger partial charge on any atom is -0.493 e. The Balaban J connectivity index is 1.43. The van der Waals surface area contributed by atoms with E-state index in [-0.39, 0.29) is 12.3 Å². The van der Waals surface area contributed by atoms with E-state index >= 15 is 0 Å². The van der Waals surface area contributed by atoms with Gasteiger partial charge >= 0.3 is 5.97 Å². The first kappa shape index (κ1) is 31.1. The molecule has 44 heavy (non-hydrogen) atoms. The van der Waals surface area contributed by atoms with Crippen LogP contribution in [0.25, 0.3) is 22.4 Å². The second kappa shape index (κ2) is 14.4. The van der Waals surface area contributed by atoms with Gasteiger partial charge in [-0.15, -0.1) is 23.1 Å². The largest absolute Gasteiger partial charge is 0.493 e. The van der Waals surface area contributed by atoms with Crippen LogP contribution < -0.4 is 14.8 Å². The number of methoxy groups -OCH3 is 3. The summed E-state index contributed by atoms with van der Waals surface area (Å²) in [5.74, 6) is 0.804. The predicted molar refractivity (Wildman–Crippen MR) is 174 cm³/mol. The van der Waals surface area contributed by atoms with E-state index in [2.05, 4.69) is 11.4 Å². The maximum Gasteiger partial charge on any atom is 0.341 e. The number of aromatic nitrogens is 1. The number of aryl methyl sites for hydroxylation is 1. The number of ether oxygens (including phenoxy) is 3. The lowest BCUT2D eigenvalue weighted by Gasteiger charge is -2.16. The number of thiophene rings is 1. The minimum absolute atomic E-state index is 0.160. The van der Waals surface area contributed by atoms with Crippen LogP contribution in [0.3, 0.4) is 0 Å². The first-order chi connectivity index (χ1) is 21.5. The average molecular weight is 628 g/mol. The third kappa shape index (κ3) is 6.59. The van der Waals surface area contributed by atoms with Gasteiger partial charge in [0.1, 0.15) is 16.1 Å². The number of benzene rings is 2. The lowest BCUT2D eigenvalue weighted by molar-refractivity contribution is -0.115. The summed E-state index contributed by atoms with van der Waals surface area (Å²) < 4.78 is 16.3. The first-order valence-electron chi connectivity index (χ1n) is 14.4. The Kier molecular flexibility index (Phi) is 10.2. The van der Waals surface area contributed by atoms with Gasteiger partial charge in [0.05, 0.1) is 38.2 Å². The van der Waals surface area contributed by atoms with Crippen LogP contribution in [0.15, 0.2) is 59.6 Å². The number of rotatable bonds is 10. The fourth-order valence-electron chi connectivity index (χ4n) is 5.38. The zero-order chi connectivity index (χ0) is 31.1. The van der Waals surface area contributed by atoms with Crippen molar-refractivity contribution in [2.45, 2.75) is 43.6 Å². The van der Waals surface area contributed by atoms with Gasteiger partial charge in [0.2, 0.25) is 5.91 Å². The first-order valence-corrected chi connectivity index (χ1v) is 16.2.